The summed E-state index contributed by atoms with van der Waals surface area (Å²) in [4.78, 5) is 24.1. The minimum atomic E-state index is -0.974. The van der Waals surface area contributed by atoms with Gasteiger partial charge in [-0.15, -0.1) is 0 Å². The molecule has 0 radical (unpaired) electrons. The second kappa shape index (κ2) is 7.49. The molecule has 0 aliphatic carbocycles. The van der Waals surface area contributed by atoms with Crippen LogP contribution in [0, 0.1) is 0 Å². The highest BCUT2D eigenvalue weighted by molar-refractivity contribution is 5.89. The molecule has 0 fully saturated rings. The zero-order valence-electron chi connectivity index (χ0n) is 11.7. The van der Waals surface area contributed by atoms with E-state index < -0.39 is 12.1 Å². The van der Waals surface area contributed by atoms with Crippen molar-refractivity contribution < 1.29 is 19.8 Å². The summed E-state index contributed by atoms with van der Waals surface area (Å²) in [5.41, 5.74) is 0.928. The summed E-state index contributed by atoms with van der Waals surface area (Å²) >= 11 is 0. The van der Waals surface area contributed by atoms with Crippen LogP contribution < -0.4 is 5.32 Å². The molecular formula is C14H20N2O4. The number of carbonyl (C=O) groups is 2. The average molecular weight is 280 g/mol. The lowest BCUT2D eigenvalue weighted by Crippen LogP contribution is -2.41. The fourth-order valence-corrected chi connectivity index (χ4v) is 1.87. The Hall–Kier alpha value is -2.08. The first kappa shape index (κ1) is 16.0. The van der Waals surface area contributed by atoms with Gasteiger partial charge in [0, 0.05) is 20.1 Å². The number of nitrogens with zero attached hydrogens (tertiary/aromatic N) is 1. The number of hydrogen-bond donors (Lipinski definition) is 3. The largest absolute Gasteiger partial charge is 0.478 e. The van der Waals surface area contributed by atoms with E-state index >= 15 is 0 Å². The van der Waals surface area contributed by atoms with Crippen LogP contribution in [0.15, 0.2) is 24.3 Å². The molecule has 1 unspecified atom stereocenters. The van der Waals surface area contributed by atoms with E-state index in [0.717, 1.165) is 0 Å². The van der Waals surface area contributed by atoms with Gasteiger partial charge in [-0.05, 0) is 25.0 Å². The van der Waals surface area contributed by atoms with Crippen LogP contribution >= 0.6 is 0 Å². The molecule has 0 bridgehead atoms. The first-order valence-corrected chi connectivity index (χ1v) is 6.40. The first-order chi connectivity index (χ1) is 9.41. The van der Waals surface area contributed by atoms with Gasteiger partial charge in [0.15, 0.2) is 0 Å². The van der Waals surface area contributed by atoms with Crippen molar-refractivity contribution in [2.45, 2.75) is 19.4 Å². The lowest BCUT2D eigenvalue weighted by atomic mass is 10.0. The number of aromatic carboxylic acids is 1. The lowest BCUT2D eigenvalue weighted by molar-refractivity contribution is 0.0695. The SMILES string of the molecule is CC(O)CN(C)C(=O)NCCc1ccccc1C(=O)O. The Labute approximate surface area is 118 Å². The minimum absolute atomic E-state index is 0.248. The maximum absolute atomic E-state index is 11.7. The Kier molecular flexibility index (Phi) is 5.99. The number of likely N-dealkylation sites (N-methyl/N-ethyl adjacent to an activating group) is 1. The van der Waals surface area contributed by atoms with E-state index in [0.29, 0.717) is 18.5 Å². The van der Waals surface area contributed by atoms with Crippen LogP contribution in [0.5, 0.6) is 0 Å². The van der Waals surface area contributed by atoms with Gasteiger partial charge in [0.25, 0.3) is 0 Å². The molecule has 1 rings (SSSR count). The third-order valence-electron chi connectivity index (χ3n) is 2.80. The van der Waals surface area contributed by atoms with E-state index in [9.17, 15) is 14.7 Å². The number of hydrogen-bond acceptors (Lipinski definition) is 3. The molecule has 0 spiro atoms. The second-order valence-corrected chi connectivity index (χ2v) is 4.67. The molecular weight excluding hydrogens is 260 g/mol. The first-order valence-electron chi connectivity index (χ1n) is 6.40. The van der Waals surface area contributed by atoms with Gasteiger partial charge < -0.3 is 20.4 Å². The van der Waals surface area contributed by atoms with Crippen LogP contribution in [-0.4, -0.2) is 53.4 Å². The van der Waals surface area contributed by atoms with Crippen LogP contribution in [0.2, 0.25) is 0 Å². The molecule has 0 aliphatic heterocycles. The molecule has 0 saturated heterocycles. The topological polar surface area (TPSA) is 89.9 Å². The summed E-state index contributed by atoms with van der Waals surface area (Å²) in [6, 6.07) is 6.41. The van der Waals surface area contributed by atoms with Crippen LogP contribution in [0.25, 0.3) is 0 Å². The minimum Gasteiger partial charge on any atom is -0.478 e. The van der Waals surface area contributed by atoms with E-state index in [2.05, 4.69) is 5.32 Å². The number of urea groups is 1. The molecule has 110 valence electrons. The van der Waals surface area contributed by atoms with E-state index in [1.807, 2.05) is 0 Å². The van der Waals surface area contributed by atoms with Gasteiger partial charge in [0.2, 0.25) is 0 Å². The molecule has 0 aliphatic rings. The van der Waals surface area contributed by atoms with Gasteiger partial charge in [-0.3, -0.25) is 0 Å². The number of nitrogens with one attached hydrogen (secondary N) is 1. The van der Waals surface area contributed by atoms with E-state index in [1.165, 1.54) is 4.90 Å². The Morgan fingerprint density at radius 1 is 1.35 bits per heavy atom. The summed E-state index contributed by atoms with van der Waals surface area (Å²) in [6.07, 6.45) is -0.144. The number of amides is 2. The van der Waals surface area contributed by atoms with Crippen molar-refractivity contribution in [1.82, 2.24) is 10.2 Å². The Morgan fingerprint density at radius 2 is 2.00 bits per heavy atom. The van der Waals surface area contributed by atoms with Crippen molar-refractivity contribution in [1.29, 1.82) is 0 Å². The molecule has 0 heterocycles. The van der Waals surface area contributed by atoms with E-state index in [1.54, 1.807) is 38.2 Å². The predicted octanol–water partition coefficient (Wildman–Crippen LogP) is 0.949. The monoisotopic (exact) mass is 280 g/mol. The predicted molar refractivity (Wildman–Crippen MR) is 74.8 cm³/mol. The molecule has 6 heteroatoms. The molecule has 3 N–H and O–H groups in total. The summed E-state index contributed by atoms with van der Waals surface area (Å²) in [5.74, 6) is -0.974. The van der Waals surface area contributed by atoms with Gasteiger partial charge in [-0.25, -0.2) is 9.59 Å². The van der Waals surface area contributed by atoms with Crippen LogP contribution in [0.1, 0.15) is 22.8 Å². The normalized spacial score (nSPS) is 11.8. The number of aliphatic hydroxyl groups excluding tert-OH is 1. The quantitative estimate of drug-likeness (QED) is 0.723. The third kappa shape index (κ3) is 4.89. The van der Waals surface area contributed by atoms with Crippen LogP contribution in [0.3, 0.4) is 0 Å². The van der Waals surface area contributed by atoms with Gasteiger partial charge >= 0.3 is 12.0 Å². The Bertz CT molecular complexity index is 474. The van der Waals surface area contributed by atoms with E-state index in [4.69, 9.17) is 5.11 Å². The zero-order valence-corrected chi connectivity index (χ0v) is 11.7. The maximum atomic E-state index is 11.7. The zero-order chi connectivity index (χ0) is 15.1. The Balaban J connectivity index is 2.49. The van der Waals surface area contributed by atoms with Gasteiger partial charge in [0.1, 0.15) is 0 Å². The fraction of sp³-hybridized carbons (Fsp3) is 0.429. The number of carboxylic acid groups (broad SMARTS) is 1. The van der Waals surface area contributed by atoms with Gasteiger partial charge in [0.05, 0.1) is 11.7 Å². The van der Waals surface area contributed by atoms with Crippen molar-refractivity contribution in [2.24, 2.45) is 0 Å². The van der Waals surface area contributed by atoms with Crippen LogP contribution in [0.4, 0.5) is 4.79 Å². The number of benzene rings is 1. The average Bonchev–Trinajstić information content (AvgIpc) is 2.38. The second-order valence-electron chi connectivity index (χ2n) is 4.67. The van der Waals surface area contributed by atoms with Crippen molar-refractivity contribution in [3.8, 4) is 0 Å². The molecule has 1 aromatic rings. The maximum Gasteiger partial charge on any atom is 0.335 e. The number of carbonyl (C=O) groups excluding carboxylic acids is 1. The highest BCUT2D eigenvalue weighted by Crippen LogP contribution is 2.09. The van der Waals surface area contributed by atoms with Crippen molar-refractivity contribution >= 4 is 12.0 Å². The van der Waals surface area contributed by atoms with Crippen LogP contribution in [-0.2, 0) is 6.42 Å². The third-order valence-corrected chi connectivity index (χ3v) is 2.80. The van der Waals surface area contributed by atoms with Gasteiger partial charge in [-0.1, -0.05) is 18.2 Å². The Morgan fingerprint density at radius 3 is 2.60 bits per heavy atom. The summed E-state index contributed by atoms with van der Waals surface area (Å²) in [5, 5.41) is 20.9. The van der Waals surface area contributed by atoms with Crippen molar-refractivity contribution in [3.63, 3.8) is 0 Å². The smallest absolute Gasteiger partial charge is 0.335 e. The van der Waals surface area contributed by atoms with Crippen molar-refractivity contribution in [2.75, 3.05) is 20.1 Å². The molecule has 1 aromatic carbocycles. The van der Waals surface area contributed by atoms with Gasteiger partial charge in [-0.2, -0.15) is 0 Å². The van der Waals surface area contributed by atoms with Crippen molar-refractivity contribution in [3.05, 3.63) is 35.4 Å². The summed E-state index contributed by atoms with van der Waals surface area (Å²) in [7, 11) is 1.59. The molecule has 6 nitrogen and oxygen atoms in total. The molecule has 1 atom stereocenters. The highest BCUT2D eigenvalue weighted by atomic mass is 16.4. The molecule has 20 heavy (non-hydrogen) atoms. The molecule has 0 saturated carbocycles. The standard InChI is InChI=1S/C14H20N2O4/c1-10(17)9-16(2)14(20)15-8-7-11-5-3-4-6-12(11)13(18)19/h3-6,10,17H,7-9H2,1-2H3,(H,15,20)(H,18,19). The fourth-order valence-electron chi connectivity index (χ4n) is 1.87. The molecule has 2 amide bonds. The lowest BCUT2D eigenvalue weighted by Gasteiger charge is -2.19. The summed E-state index contributed by atoms with van der Waals surface area (Å²) in [6.45, 7) is 2.19. The number of aliphatic hydroxyl groups is 1. The highest BCUT2D eigenvalue weighted by Gasteiger charge is 2.12. The molecule has 0 aromatic heterocycles. The number of rotatable bonds is 6. The van der Waals surface area contributed by atoms with E-state index in [-0.39, 0.29) is 18.1 Å². The summed E-state index contributed by atoms with van der Waals surface area (Å²) < 4.78 is 0. The number of carboxylic acids is 1.